The van der Waals surface area contributed by atoms with Crippen molar-refractivity contribution in [3.8, 4) is 11.8 Å². The lowest BCUT2D eigenvalue weighted by Gasteiger charge is -2.31. The van der Waals surface area contributed by atoms with Crippen molar-refractivity contribution in [1.29, 1.82) is 0 Å². The Bertz CT molecular complexity index is 1520. The Morgan fingerprint density at radius 2 is 2.09 bits per heavy atom. The van der Waals surface area contributed by atoms with Gasteiger partial charge in [-0.3, -0.25) is 9.36 Å². The molecular weight excluding hydrogens is 422 g/mol. The third-order valence-corrected chi connectivity index (χ3v) is 5.81. The first kappa shape index (κ1) is 20.9. The lowest BCUT2D eigenvalue weighted by atomic mass is 10.1. The van der Waals surface area contributed by atoms with Gasteiger partial charge in [0.05, 0.1) is 25.0 Å². The number of imidazole rings is 1. The minimum atomic E-state index is -0.718. The predicted molar refractivity (Wildman–Crippen MR) is 124 cm³/mol. The molecule has 0 spiro atoms. The van der Waals surface area contributed by atoms with Crippen LogP contribution >= 0.6 is 0 Å². The smallest absolute Gasteiger partial charge is 0.408 e. The number of fused-ring (bicyclic) bond motifs is 2. The maximum Gasteiger partial charge on any atom is 0.439 e. The summed E-state index contributed by atoms with van der Waals surface area (Å²) in [6.07, 6.45) is 3.49. The van der Waals surface area contributed by atoms with Gasteiger partial charge in [0, 0.05) is 24.5 Å². The van der Waals surface area contributed by atoms with Crippen LogP contribution in [0.15, 0.2) is 44.5 Å². The van der Waals surface area contributed by atoms with Gasteiger partial charge in [-0.15, -0.1) is 5.92 Å². The number of rotatable bonds is 4. The molecule has 10 heteroatoms. The van der Waals surface area contributed by atoms with Crippen LogP contribution in [-0.4, -0.2) is 43.4 Å². The Morgan fingerprint density at radius 3 is 2.91 bits per heavy atom. The molecule has 4 heterocycles. The molecule has 1 aromatic carbocycles. The van der Waals surface area contributed by atoms with E-state index in [0.717, 1.165) is 19.4 Å². The summed E-state index contributed by atoms with van der Waals surface area (Å²) >= 11 is 0. The van der Waals surface area contributed by atoms with Gasteiger partial charge in [0.15, 0.2) is 0 Å². The van der Waals surface area contributed by atoms with E-state index in [9.17, 15) is 9.59 Å². The molecule has 10 nitrogen and oxygen atoms in total. The van der Waals surface area contributed by atoms with Crippen LogP contribution in [0.1, 0.15) is 25.5 Å². The first-order valence-corrected chi connectivity index (χ1v) is 10.8. The second-order valence-electron chi connectivity index (χ2n) is 8.04. The standard InChI is InChI=1S/C23H23N7O3/c1-2-3-11-29-20-17(26-22(29)28-10-6-7-15(24)13-28)12-25-30(21(20)31)14-18-16-8-4-5-9-19(16)33-23(32)27-18/h4-5,8-9,12,15H,6-7,10-11,13-14,24H2,1H3. The summed E-state index contributed by atoms with van der Waals surface area (Å²) in [7, 11) is 0. The highest BCUT2D eigenvalue weighted by molar-refractivity contribution is 5.79. The van der Waals surface area contributed by atoms with E-state index in [1.165, 1.54) is 4.68 Å². The maximum absolute atomic E-state index is 13.5. The molecule has 0 aliphatic carbocycles. The van der Waals surface area contributed by atoms with Crippen molar-refractivity contribution in [2.45, 2.75) is 38.9 Å². The van der Waals surface area contributed by atoms with E-state index in [4.69, 9.17) is 15.1 Å². The second kappa shape index (κ2) is 8.52. The number of piperidine rings is 1. The molecule has 0 saturated carbocycles. The molecule has 3 aromatic heterocycles. The summed E-state index contributed by atoms with van der Waals surface area (Å²) in [5, 5.41) is 4.96. The first-order valence-electron chi connectivity index (χ1n) is 10.8. The quantitative estimate of drug-likeness (QED) is 0.463. The zero-order chi connectivity index (χ0) is 22.9. The van der Waals surface area contributed by atoms with E-state index in [2.05, 4.69) is 26.8 Å². The molecule has 1 aliphatic rings. The molecule has 5 rings (SSSR count). The summed E-state index contributed by atoms with van der Waals surface area (Å²) in [5.74, 6) is 5.88. The van der Waals surface area contributed by atoms with Crippen LogP contribution in [0.4, 0.5) is 5.95 Å². The number of anilines is 1. The van der Waals surface area contributed by atoms with Crippen molar-refractivity contribution < 1.29 is 4.42 Å². The summed E-state index contributed by atoms with van der Waals surface area (Å²) in [4.78, 5) is 36.3. The Hall–Kier alpha value is -3.97. The average molecular weight is 445 g/mol. The number of nitrogens with two attached hydrogens (primary N) is 1. The van der Waals surface area contributed by atoms with E-state index >= 15 is 0 Å². The van der Waals surface area contributed by atoms with Crippen LogP contribution in [0.2, 0.25) is 0 Å². The van der Waals surface area contributed by atoms with Crippen LogP contribution in [0.25, 0.3) is 22.0 Å². The van der Waals surface area contributed by atoms with Crippen molar-refractivity contribution in [2.75, 3.05) is 18.0 Å². The van der Waals surface area contributed by atoms with Gasteiger partial charge in [-0.25, -0.2) is 14.5 Å². The molecule has 168 valence electrons. The maximum atomic E-state index is 13.5. The molecule has 4 aromatic rings. The Balaban J connectivity index is 1.64. The molecule has 1 unspecified atom stereocenters. The van der Waals surface area contributed by atoms with Crippen molar-refractivity contribution >= 4 is 28.0 Å². The highest BCUT2D eigenvalue weighted by atomic mass is 16.4. The zero-order valence-electron chi connectivity index (χ0n) is 18.2. The molecule has 1 fully saturated rings. The van der Waals surface area contributed by atoms with Gasteiger partial charge in [-0.1, -0.05) is 18.1 Å². The minimum absolute atomic E-state index is 0.0233. The third-order valence-electron chi connectivity index (χ3n) is 5.81. The van der Waals surface area contributed by atoms with E-state index in [1.807, 2.05) is 10.6 Å². The Labute approximate surface area is 188 Å². The fraction of sp³-hybridized carbons (Fsp3) is 0.348. The molecule has 1 atom stereocenters. The van der Waals surface area contributed by atoms with Gasteiger partial charge < -0.3 is 15.1 Å². The van der Waals surface area contributed by atoms with Gasteiger partial charge >= 0.3 is 5.76 Å². The van der Waals surface area contributed by atoms with Crippen LogP contribution in [0, 0.1) is 11.8 Å². The van der Waals surface area contributed by atoms with Crippen LogP contribution < -0.4 is 21.9 Å². The van der Waals surface area contributed by atoms with Crippen LogP contribution in [0.3, 0.4) is 0 Å². The topological polar surface area (TPSA) is 125 Å². The second-order valence-corrected chi connectivity index (χ2v) is 8.04. The van der Waals surface area contributed by atoms with E-state index in [-0.39, 0.29) is 18.1 Å². The van der Waals surface area contributed by atoms with Crippen LogP contribution in [-0.2, 0) is 13.1 Å². The lowest BCUT2D eigenvalue weighted by Crippen LogP contribution is -2.44. The van der Waals surface area contributed by atoms with Crippen molar-refractivity contribution in [1.82, 2.24) is 24.3 Å². The SMILES string of the molecule is CC#CCn1c(N2CCCC(N)C2)nc2cnn(Cc3nc(=O)oc4ccccc34)c(=O)c21. The van der Waals surface area contributed by atoms with Gasteiger partial charge in [-0.2, -0.15) is 10.1 Å². The van der Waals surface area contributed by atoms with Gasteiger partial charge in [0.1, 0.15) is 16.6 Å². The minimum Gasteiger partial charge on any atom is -0.408 e. The molecule has 0 amide bonds. The number of aromatic nitrogens is 5. The van der Waals surface area contributed by atoms with Crippen molar-refractivity contribution in [3.05, 3.63) is 57.1 Å². The number of hydrogen-bond donors (Lipinski definition) is 1. The van der Waals surface area contributed by atoms with Gasteiger partial charge in [0.2, 0.25) is 5.95 Å². The number of nitrogens with zero attached hydrogens (tertiary/aromatic N) is 6. The molecule has 1 aliphatic heterocycles. The summed E-state index contributed by atoms with van der Waals surface area (Å²) in [6, 6.07) is 7.13. The largest absolute Gasteiger partial charge is 0.439 e. The predicted octanol–water partition coefficient (Wildman–Crippen LogP) is 1.09. The molecule has 0 radical (unpaired) electrons. The Kier molecular flexibility index (Phi) is 5.40. The number of para-hydroxylation sites is 1. The van der Waals surface area contributed by atoms with Gasteiger partial charge in [-0.05, 0) is 31.9 Å². The normalized spacial score (nSPS) is 16.2. The summed E-state index contributed by atoms with van der Waals surface area (Å²) < 4.78 is 8.28. The third kappa shape index (κ3) is 3.87. The lowest BCUT2D eigenvalue weighted by molar-refractivity contribution is 0.496. The summed E-state index contributed by atoms with van der Waals surface area (Å²) in [5.41, 5.74) is 7.58. The highest BCUT2D eigenvalue weighted by Gasteiger charge is 2.24. The molecular formula is C23H23N7O3. The molecule has 2 N–H and O–H groups in total. The van der Waals surface area contributed by atoms with Crippen molar-refractivity contribution in [2.24, 2.45) is 5.73 Å². The molecule has 1 saturated heterocycles. The first-order chi connectivity index (χ1) is 16.0. The summed E-state index contributed by atoms with van der Waals surface area (Å²) in [6.45, 7) is 3.58. The molecule has 33 heavy (non-hydrogen) atoms. The monoisotopic (exact) mass is 445 g/mol. The Morgan fingerprint density at radius 1 is 1.24 bits per heavy atom. The van der Waals surface area contributed by atoms with Crippen LogP contribution in [0.5, 0.6) is 0 Å². The zero-order valence-corrected chi connectivity index (χ0v) is 18.2. The van der Waals surface area contributed by atoms with Gasteiger partial charge in [0.25, 0.3) is 5.56 Å². The van der Waals surface area contributed by atoms with Crippen molar-refractivity contribution in [3.63, 3.8) is 0 Å². The number of hydrogen-bond acceptors (Lipinski definition) is 8. The highest BCUT2D eigenvalue weighted by Crippen LogP contribution is 2.23. The fourth-order valence-corrected chi connectivity index (χ4v) is 4.27. The fourth-order valence-electron chi connectivity index (χ4n) is 4.27. The number of benzene rings is 1. The van der Waals surface area contributed by atoms with E-state index in [0.29, 0.717) is 46.7 Å². The molecule has 0 bridgehead atoms. The van der Waals surface area contributed by atoms with E-state index < -0.39 is 5.76 Å². The van der Waals surface area contributed by atoms with E-state index in [1.54, 1.807) is 31.3 Å². The average Bonchev–Trinajstić information content (AvgIpc) is 3.18.